The highest BCUT2D eigenvalue weighted by atomic mass is 16.5. The Bertz CT molecular complexity index is 1090. The first-order valence-corrected chi connectivity index (χ1v) is 8.72. The number of hydrogen-bond donors (Lipinski definition) is 1. The maximum Gasteiger partial charge on any atom is 0.118 e. The molecule has 1 heterocycles. The summed E-state index contributed by atoms with van der Waals surface area (Å²) in [7, 11) is 1.67. The van der Waals surface area contributed by atoms with Crippen LogP contribution in [0.15, 0.2) is 84.9 Å². The van der Waals surface area contributed by atoms with Crippen LogP contribution in [0, 0.1) is 11.3 Å². The topological polar surface area (TPSA) is 48.8 Å². The summed E-state index contributed by atoms with van der Waals surface area (Å²) in [5.41, 5.74) is 7.14. The van der Waals surface area contributed by atoms with Gasteiger partial charge in [-0.05, 0) is 59.2 Å². The average Bonchev–Trinajstić information content (AvgIpc) is 3.20. The van der Waals surface area contributed by atoms with Gasteiger partial charge in [0, 0.05) is 11.3 Å². The van der Waals surface area contributed by atoms with Crippen LogP contribution in [0.5, 0.6) is 5.75 Å². The molecule has 3 nitrogen and oxygen atoms in total. The largest absolute Gasteiger partial charge is 0.497 e. The number of nitrogens with zero attached hydrogens (tertiary/aromatic N) is 1. The smallest absolute Gasteiger partial charge is 0.118 e. The molecule has 27 heavy (non-hydrogen) atoms. The van der Waals surface area contributed by atoms with Crippen molar-refractivity contribution in [2.24, 2.45) is 0 Å². The molecule has 1 aromatic heterocycles. The Morgan fingerprint density at radius 3 is 2.07 bits per heavy atom. The van der Waals surface area contributed by atoms with Crippen LogP contribution in [-0.4, -0.2) is 12.1 Å². The summed E-state index contributed by atoms with van der Waals surface area (Å²) in [6.45, 7) is 0. The van der Waals surface area contributed by atoms with Gasteiger partial charge in [0.2, 0.25) is 0 Å². The van der Waals surface area contributed by atoms with Crippen LogP contribution in [0.4, 0.5) is 0 Å². The van der Waals surface area contributed by atoms with E-state index in [4.69, 9.17) is 10.00 Å². The lowest BCUT2D eigenvalue weighted by Crippen LogP contribution is -1.85. The fourth-order valence-electron chi connectivity index (χ4n) is 3.17. The lowest BCUT2D eigenvalue weighted by Gasteiger charge is -2.06. The summed E-state index contributed by atoms with van der Waals surface area (Å²) in [5.74, 6) is 0.827. The van der Waals surface area contributed by atoms with Crippen molar-refractivity contribution in [1.82, 2.24) is 4.98 Å². The third-order valence-corrected chi connectivity index (χ3v) is 4.61. The summed E-state index contributed by atoms with van der Waals surface area (Å²) in [5, 5.41) is 9.07. The van der Waals surface area contributed by atoms with Crippen molar-refractivity contribution in [3.05, 3.63) is 90.5 Å². The van der Waals surface area contributed by atoms with Gasteiger partial charge < -0.3 is 9.72 Å². The van der Waals surface area contributed by atoms with E-state index in [0.29, 0.717) is 5.56 Å². The molecule has 0 spiro atoms. The Hall–Kier alpha value is -3.77. The molecule has 0 atom stereocenters. The number of H-pyrrole nitrogens is 1. The summed E-state index contributed by atoms with van der Waals surface area (Å²) >= 11 is 0. The Morgan fingerprint density at radius 1 is 0.778 bits per heavy atom. The number of benzene rings is 3. The van der Waals surface area contributed by atoms with E-state index in [1.165, 1.54) is 0 Å². The number of aromatic amines is 1. The van der Waals surface area contributed by atoms with Crippen LogP contribution in [-0.2, 0) is 0 Å². The van der Waals surface area contributed by atoms with E-state index in [-0.39, 0.29) is 0 Å². The van der Waals surface area contributed by atoms with Gasteiger partial charge in [-0.1, -0.05) is 42.5 Å². The molecule has 0 radical (unpaired) electrons. The van der Waals surface area contributed by atoms with Gasteiger partial charge in [-0.2, -0.15) is 5.26 Å². The zero-order valence-corrected chi connectivity index (χ0v) is 14.9. The van der Waals surface area contributed by atoms with Gasteiger partial charge in [0.05, 0.1) is 24.4 Å². The molecule has 0 amide bonds. The minimum atomic E-state index is 0.656. The monoisotopic (exact) mass is 350 g/mol. The van der Waals surface area contributed by atoms with E-state index in [9.17, 15) is 0 Å². The SMILES string of the molecule is COc1ccc(-c2[nH]c(-c3ccccc3)cc2-c2ccc(C#N)cc2)cc1. The molecule has 0 saturated carbocycles. The normalized spacial score (nSPS) is 10.4. The molecule has 4 rings (SSSR count). The third-order valence-electron chi connectivity index (χ3n) is 4.61. The molecule has 4 aromatic rings. The predicted molar refractivity (Wildman–Crippen MR) is 108 cm³/mol. The second kappa shape index (κ2) is 7.23. The molecule has 0 bridgehead atoms. The Morgan fingerprint density at radius 2 is 1.44 bits per heavy atom. The van der Waals surface area contributed by atoms with E-state index < -0.39 is 0 Å². The minimum Gasteiger partial charge on any atom is -0.497 e. The number of methoxy groups -OCH3 is 1. The number of aromatic nitrogens is 1. The van der Waals surface area contributed by atoms with Crippen molar-refractivity contribution in [3.8, 4) is 45.5 Å². The molecule has 0 fully saturated rings. The molecule has 130 valence electrons. The lowest BCUT2D eigenvalue weighted by atomic mass is 10.00. The van der Waals surface area contributed by atoms with Crippen LogP contribution in [0.1, 0.15) is 5.56 Å². The predicted octanol–water partition coefficient (Wildman–Crippen LogP) is 5.90. The first-order chi connectivity index (χ1) is 13.3. The number of nitriles is 1. The number of rotatable bonds is 4. The molecular weight excluding hydrogens is 332 g/mol. The molecule has 3 heteroatoms. The van der Waals surface area contributed by atoms with Gasteiger partial charge in [0.1, 0.15) is 5.75 Å². The van der Waals surface area contributed by atoms with E-state index in [2.05, 4.69) is 29.3 Å². The molecule has 1 N–H and O–H groups in total. The molecule has 3 aromatic carbocycles. The Labute approximate surface area is 158 Å². The first kappa shape index (κ1) is 16.7. The van der Waals surface area contributed by atoms with Crippen LogP contribution in [0.3, 0.4) is 0 Å². The fourth-order valence-corrected chi connectivity index (χ4v) is 3.17. The molecule has 0 aliphatic heterocycles. The van der Waals surface area contributed by atoms with Crippen LogP contribution >= 0.6 is 0 Å². The molecular formula is C24H18N2O. The second-order valence-corrected chi connectivity index (χ2v) is 6.26. The zero-order valence-electron chi connectivity index (χ0n) is 14.9. The zero-order chi connectivity index (χ0) is 18.6. The molecule has 0 saturated heterocycles. The van der Waals surface area contributed by atoms with Crippen LogP contribution in [0.2, 0.25) is 0 Å². The van der Waals surface area contributed by atoms with Crippen molar-refractivity contribution in [2.45, 2.75) is 0 Å². The van der Waals surface area contributed by atoms with E-state index in [1.807, 2.05) is 66.7 Å². The number of nitrogens with one attached hydrogen (secondary N) is 1. The highest BCUT2D eigenvalue weighted by Gasteiger charge is 2.13. The van der Waals surface area contributed by atoms with Crippen molar-refractivity contribution >= 4 is 0 Å². The first-order valence-electron chi connectivity index (χ1n) is 8.72. The average molecular weight is 350 g/mol. The van der Waals surface area contributed by atoms with E-state index >= 15 is 0 Å². The molecule has 0 aliphatic carbocycles. The van der Waals surface area contributed by atoms with Crippen LogP contribution < -0.4 is 4.74 Å². The summed E-state index contributed by atoms with van der Waals surface area (Å²) in [6, 6.07) is 30.3. The van der Waals surface area contributed by atoms with E-state index in [1.54, 1.807) is 7.11 Å². The quantitative estimate of drug-likeness (QED) is 0.498. The van der Waals surface area contributed by atoms with Gasteiger partial charge in [0.25, 0.3) is 0 Å². The van der Waals surface area contributed by atoms with Gasteiger partial charge in [0.15, 0.2) is 0 Å². The van der Waals surface area contributed by atoms with Gasteiger partial charge in [-0.15, -0.1) is 0 Å². The maximum atomic E-state index is 9.07. The minimum absolute atomic E-state index is 0.656. The Balaban J connectivity index is 1.86. The molecule has 0 unspecified atom stereocenters. The number of hydrogen-bond acceptors (Lipinski definition) is 2. The summed E-state index contributed by atoms with van der Waals surface area (Å²) < 4.78 is 5.28. The number of ether oxygens (including phenoxy) is 1. The van der Waals surface area contributed by atoms with E-state index in [0.717, 1.165) is 39.4 Å². The van der Waals surface area contributed by atoms with Crippen molar-refractivity contribution < 1.29 is 4.74 Å². The summed E-state index contributed by atoms with van der Waals surface area (Å²) in [4.78, 5) is 3.57. The standard InChI is InChI=1S/C24H18N2O/c1-27-21-13-11-20(12-14-21)24-22(18-9-7-17(16-25)8-10-18)15-23(26-24)19-5-3-2-4-6-19/h2-15,26H,1H3. The fraction of sp³-hybridized carbons (Fsp3) is 0.0417. The highest BCUT2D eigenvalue weighted by molar-refractivity contribution is 5.86. The maximum absolute atomic E-state index is 9.07. The lowest BCUT2D eigenvalue weighted by molar-refractivity contribution is 0.415. The van der Waals surface area contributed by atoms with Gasteiger partial charge >= 0.3 is 0 Å². The highest BCUT2D eigenvalue weighted by Crippen LogP contribution is 2.36. The summed E-state index contributed by atoms with van der Waals surface area (Å²) in [6.07, 6.45) is 0. The van der Waals surface area contributed by atoms with Crippen molar-refractivity contribution in [1.29, 1.82) is 5.26 Å². The Kier molecular flexibility index (Phi) is 4.47. The van der Waals surface area contributed by atoms with Gasteiger partial charge in [-0.3, -0.25) is 0 Å². The third kappa shape index (κ3) is 3.33. The second-order valence-electron chi connectivity index (χ2n) is 6.26. The van der Waals surface area contributed by atoms with Crippen LogP contribution in [0.25, 0.3) is 33.6 Å². The van der Waals surface area contributed by atoms with Crippen molar-refractivity contribution in [3.63, 3.8) is 0 Å². The van der Waals surface area contributed by atoms with Crippen molar-refractivity contribution in [2.75, 3.05) is 7.11 Å². The molecule has 0 aliphatic rings. The van der Waals surface area contributed by atoms with Gasteiger partial charge in [-0.25, -0.2) is 0 Å².